The molecule has 2 heterocycles. The van der Waals surface area contributed by atoms with Crippen LogP contribution in [0.2, 0.25) is 0 Å². The third kappa shape index (κ3) is 2.97. The molecule has 0 aliphatic carbocycles. The van der Waals surface area contributed by atoms with Crippen LogP contribution >= 0.6 is 0 Å². The normalized spacial score (nSPS) is 34.2. The van der Waals surface area contributed by atoms with E-state index in [1.807, 2.05) is 6.92 Å². The van der Waals surface area contributed by atoms with E-state index in [0.717, 1.165) is 25.8 Å². The lowest BCUT2D eigenvalue weighted by atomic mass is 9.82. The Morgan fingerprint density at radius 3 is 2.80 bits per heavy atom. The summed E-state index contributed by atoms with van der Waals surface area (Å²) >= 11 is 0. The lowest BCUT2D eigenvalue weighted by Gasteiger charge is -2.31. The number of carbonyl (C=O) groups is 2. The van der Waals surface area contributed by atoms with Gasteiger partial charge in [-0.15, -0.1) is 0 Å². The van der Waals surface area contributed by atoms with Gasteiger partial charge in [-0.05, 0) is 39.2 Å². The summed E-state index contributed by atoms with van der Waals surface area (Å²) in [4.78, 5) is 25.9. The van der Waals surface area contributed by atoms with Crippen molar-refractivity contribution in [3.05, 3.63) is 0 Å². The van der Waals surface area contributed by atoms with E-state index in [4.69, 9.17) is 0 Å². The minimum Gasteiger partial charge on any atom is -0.481 e. The third-order valence-corrected chi connectivity index (χ3v) is 4.82. The predicted molar refractivity (Wildman–Crippen MR) is 76.4 cm³/mol. The molecule has 2 rings (SSSR count). The Kier molecular flexibility index (Phi) is 4.68. The van der Waals surface area contributed by atoms with Crippen molar-refractivity contribution in [2.45, 2.75) is 52.0 Å². The molecule has 0 aromatic carbocycles. The summed E-state index contributed by atoms with van der Waals surface area (Å²) in [6.07, 6.45) is 3.84. The van der Waals surface area contributed by atoms with E-state index >= 15 is 0 Å². The van der Waals surface area contributed by atoms with Gasteiger partial charge in [-0.3, -0.25) is 9.59 Å². The lowest BCUT2D eigenvalue weighted by molar-refractivity contribution is -0.149. The molecule has 2 N–H and O–H groups in total. The van der Waals surface area contributed by atoms with E-state index in [-0.39, 0.29) is 11.8 Å². The molecule has 2 fully saturated rings. The minimum absolute atomic E-state index is 0.0671. The van der Waals surface area contributed by atoms with Crippen LogP contribution in [0.4, 0.5) is 0 Å². The quantitative estimate of drug-likeness (QED) is 0.819. The summed E-state index contributed by atoms with van der Waals surface area (Å²) in [6, 6.07) is 0.375. The molecule has 1 amide bonds. The second-order valence-corrected chi connectivity index (χ2v) is 6.42. The summed E-state index contributed by atoms with van der Waals surface area (Å²) in [6.45, 7) is 5.98. The van der Waals surface area contributed by atoms with Crippen LogP contribution in [0.15, 0.2) is 0 Å². The van der Waals surface area contributed by atoms with Gasteiger partial charge in [0, 0.05) is 25.0 Å². The maximum atomic E-state index is 12.6. The van der Waals surface area contributed by atoms with E-state index in [9.17, 15) is 14.7 Å². The average molecular weight is 282 g/mol. The summed E-state index contributed by atoms with van der Waals surface area (Å²) in [7, 11) is 0. The molecule has 0 aromatic rings. The van der Waals surface area contributed by atoms with Crippen LogP contribution in [-0.2, 0) is 9.59 Å². The Bertz CT molecular complexity index is 385. The van der Waals surface area contributed by atoms with Crippen molar-refractivity contribution in [3.8, 4) is 0 Å². The largest absolute Gasteiger partial charge is 0.481 e. The Labute approximate surface area is 120 Å². The Hall–Kier alpha value is -1.10. The first kappa shape index (κ1) is 15.3. The molecule has 2 aliphatic rings. The molecule has 0 radical (unpaired) electrons. The second-order valence-electron chi connectivity index (χ2n) is 6.42. The molecule has 5 heteroatoms. The maximum absolute atomic E-state index is 12.6. The van der Waals surface area contributed by atoms with Gasteiger partial charge in [0.1, 0.15) is 0 Å². The van der Waals surface area contributed by atoms with Gasteiger partial charge >= 0.3 is 5.97 Å². The molecule has 3 unspecified atom stereocenters. The third-order valence-electron chi connectivity index (χ3n) is 4.82. The number of carboxylic acids is 1. The van der Waals surface area contributed by atoms with Crippen LogP contribution in [-0.4, -0.2) is 47.6 Å². The van der Waals surface area contributed by atoms with E-state index in [0.29, 0.717) is 32.0 Å². The number of aliphatic carboxylic acids is 1. The fourth-order valence-electron chi connectivity index (χ4n) is 3.64. The first-order chi connectivity index (χ1) is 9.48. The zero-order valence-electron chi connectivity index (χ0n) is 12.5. The van der Waals surface area contributed by atoms with Gasteiger partial charge in [0.25, 0.3) is 0 Å². The van der Waals surface area contributed by atoms with Crippen molar-refractivity contribution in [2.24, 2.45) is 11.3 Å². The SMILES string of the molecule is CCCC1(C(=O)O)CCN(C(=O)C2CCNC(C)C2)C1. The van der Waals surface area contributed by atoms with E-state index < -0.39 is 11.4 Å². The van der Waals surface area contributed by atoms with Gasteiger partial charge < -0.3 is 15.3 Å². The Morgan fingerprint density at radius 1 is 1.45 bits per heavy atom. The number of carboxylic acid groups (broad SMARTS) is 1. The molecule has 2 aliphatic heterocycles. The zero-order chi connectivity index (χ0) is 14.8. The summed E-state index contributed by atoms with van der Waals surface area (Å²) in [5, 5.41) is 12.8. The smallest absolute Gasteiger partial charge is 0.311 e. The van der Waals surface area contributed by atoms with Gasteiger partial charge in [0.2, 0.25) is 5.91 Å². The first-order valence-corrected chi connectivity index (χ1v) is 7.74. The summed E-state index contributed by atoms with van der Waals surface area (Å²) in [5.74, 6) is -0.511. The number of hydrogen-bond acceptors (Lipinski definition) is 3. The minimum atomic E-state index is -0.742. The van der Waals surface area contributed by atoms with Crippen molar-refractivity contribution in [2.75, 3.05) is 19.6 Å². The Morgan fingerprint density at radius 2 is 2.20 bits per heavy atom. The molecule has 20 heavy (non-hydrogen) atoms. The van der Waals surface area contributed by atoms with Crippen LogP contribution in [0.1, 0.15) is 46.0 Å². The number of carbonyl (C=O) groups excluding carboxylic acids is 1. The topological polar surface area (TPSA) is 69.6 Å². The summed E-state index contributed by atoms with van der Waals surface area (Å²) in [5.41, 5.74) is -0.705. The Balaban J connectivity index is 2.00. The van der Waals surface area contributed by atoms with Crippen LogP contribution in [0.25, 0.3) is 0 Å². The van der Waals surface area contributed by atoms with Crippen molar-refractivity contribution < 1.29 is 14.7 Å². The van der Waals surface area contributed by atoms with Gasteiger partial charge in [0.15, 0.2) is 0 Å². The molecular formula is C15H26N2O3. The second kappa shape index (κ2) is 6.12. The van der Waals surface area contributed by atoms with Gasteiger partial charge in [-0.25, -0.2) is 0 Å². The molecule has 0 aromatic heterocycles. The average Bonchev–Trinajstić information content (AvgIpc) is 2.84. The van der Waals surface area contributed by atoms with Gasteiger partial charge in [0.05, 0.1) is 5.41 Å². The van der Waals surface area contributed by atoms with Crippen molar-refractivity contribution in [1.82, 2.24) is 10.2 Å². The van der Waals surface area contributed by atoms with Crippen molar-refractivity contribution >= 4 is 11.9 Å². The first-order valence-electron chi connectivity index (χ1n) is 7.74. The zero-order valence-corrected chi connectivity index (χ0v) is 12.5. The van der Waals surface area contributed by atoms with Gasteiger partial charge in [-0.2, -0.15) is 0 Å². The molecular weight excluding hydrogens is 256 g/mol. The highest BCUT2D eigenvalue weighted by molar-refractivity contribution is 5.82. The number of nitrogens with zero attached hydrogens (tertiary/aromatic N) is 1. The molecule has 0 saturated carbocycles. The predicted octanol–water partition coefficient (Wildman–Crippen LogP) is 1.48. The summed E-state index contributed by atoms with van der Waals surface area (Å²) < 4.78 is 0. The fourth-order valence-corrected chi connectivity index (χ4v) is 3.64. The van der Waals surface area contributed by atoms with Crippen molar-refractivity contribution in [1.29, 1.82) is 0 Å². The molecule has 114 valence electrons. The number of hydrogen-bond donors (Lipinski definition) is 2. The molecule has 3 atom stereocenters. The van der Waals surface area contributed by atoms with Crippen LogP contribution in [0.5, 0.6) is 0 Å². The number of nitrogens with one attached hydrogen (secondary N) is 1. The van der Waals surface area contributed by atoms with Crippen LogP contribution < -0.4 is 5.32 Å². The van der Waals surface area contributed by atoms with Crippen LogP contribution in [0, 0.1) is 11.3 Å². The fraction of sp³-hybridized carbons (Fsp3) is 0.867. The number of rotatable bonds is 4. The number of likely N-dealkylation sites (tertiary alicyclic amines) is 1. The van der Waals surface area contributed by atoms with Gasteiger partial charge in [-0.1, -0.05) is 13.3 Å². The van der Waals surface area contributed by atoms with Crippen LogP contribution in [0.3, 0.4) is 0 Å². The van der Waals surface area contributed by atoms with Crippen molar-refractivity contribution in [3.63, 3.8) is 0 Å². The standard InChI is InChI=1S/C15H26N2O3/c1-3-5-15(14(19)20)6-8-17(10-15)13(18)12-4-7-16-11(2)9-12/h11-12,16H,3-10H2,1-2H3,(H,19,20). The molecule has 0 spiro atoms. The number of amides is 1. The van der Waals surface area contributed by atoms with E-state index in [2.05, 4.69) is 12.2 Å². The molecule has 5 nitrogen and oxygen atoms in total. The van der Waals surface area contributed by atoms with E-state index in [1.165, 1.54) is 0 Å². The highest BCUT2D eigenvalue weighted by Gasteiger charge is 2.46. The highest BCUT2D eigenvalue weighted by atomic mass is 16.4. The number of piperidine rings is 1. The van der Waals surface area contributed by atoms with E-state index in [1.54, 1.807) is 4.90 Å². The maximum Gasteiger partial charge on any atom is 0.311 e. The highest BCUT2D eigenvalue weighted by Crippen LogP contribution is 2.36. The monoisotopic (exact) mass is 282 g/mol. The lowest BCUT2D eigenvalue weighted by Crippen LogP contribution is -2.44. The molecule has 2 saturated heterocycles. The molecule has 0 bridgehead atoms.